The SMILES string of the molecule is CCC(CN)(C1CC1)N(C)C1CCOCC1. The third-order valence-electron chi connectivity index (χ3n) is 4.74. The fourth-order valence-corrected chi connectivity index (χ4v) is 3.34. The van der Waals surface area contributed by atoms with Gasteiger partial charge >= 0.3 is 0 Å². The maximum Gasteiger partial charge on any atom is 0.0480 e. The van der Waals surface area contributed by atoms with Crippen LogP contribution in [0.25, 0.3) is 0 Å². The van der Waals surface area contributed by atoms with Crippen LogP contribution in [0.4, 0.5) is 0 Å². The summed E-state index contributed by atoms with van der Waals surface area (Å²) in [6, 6.07) is 0.679. The van der Waals surface area contributed by atoms with Crippen molar-refractivity contribution in [3.05, 3.63) is 0 Å². The lowest BCUT2D eigenvalue weighted by Gasteiger charge is -2.46. The van der Waals surface area contributed by atoms with Crippen LogP contribution in [0, 0.1) is 5.92 Å². The van der Waals surface area contributed by atoms with Gasteiger partial charge in [-0.05, 0) is 45.1 Å². The number of rotatable bonds is 5. The van der Waals surface area contributed by atoms with E-state index in [2.05, 4.69) is 18.9 Å². The van der Waals surface area contributed by atoms with Gasteiger partial charge in [-0.25, -0.2) is 0 Å². The van der Waals surface area contributed by atoms with Gasteiger partial charge in [0.15, 0.2) is 0 Å². The number of likely N-dealkylation sites (N-methyl/N-ethyl adjacent to an activating group) is 1. The molecule has 94 valence electrons. The molecule has 1 unspecified atom stereocenters. The van der Waals surface area contributed by atoms with E-state index in [1.165, 1.54) is 32.1 Å². The Balaban J connectivity index is 2.05. The minimum absolute atomic E-state index is 0.266. The minimum Gasteiger partial charge on any atom is -0.381 e. The van der Waals surface area contributed by atoms with Crippen LogP contribution >= 0.6 is 0 Å². The topological polar surface area (TPSA) is 38.5 Å². The van der Waals surface area contributed by atoms with Crippen LogP contribution in [0.5, 0.6) is 0 Å². The second-order valence-corrected chi connectivity index (χ2v) is 5.39. The highest BCUT2D eigenvalue weighted by atomic mass is 16.5. The molecule has 0 bridgehead atoms. The standard InChI is InChI=1S/C13H26N2O/c1-3-13(10-14,11-4-5-11)15(2)12-6-8-16-9-7-12/h11-12H,3-10,14H2,1-2H3. The first-order chi connectivity index (χ1) is 7.74. The van der Waals surface area contributed by atoms with Crippen LogP contribution in [0.2, 0.25) is 0 Å². The van der Waals surface area contributed by atoms with Gasteiger partial charge in [0.05, 0.1) is 0 Å². The van der Waals surface area contributed by atoms with Crippen molar-refractivity contribution in [2.45, 2.75) is 50.6 Å². The number of ether oxygens (including phenoxy) is 1. The van der Waals surface area contributed by atoms with Crippen molar-refractivity contribution in [1.82, 2.24) is 4.90 Å². The summed E-state index contributed by atoms with van der Waals surface area (Å²) in [5.41, 5.74) is 6.36. The Kier molecular flexibility index (Phi) is 3.88. The van der Waals surface area contributed by atoms with E-state index < -0.39 is 0 Å². The lowest BCUT2D eigenvalue weighted by Crippen LogP contribution is -2.58. The average molecular weight is 226 g/mol. The van der Waals surface area contributed by atoms with Crippen LogP contribution in [-0.4, -0.2) is 43.3 Å². The van der Waals surface area contributed by atoms with E-state index in [1.54, 1.807) is 0 Å². The Bertz CT molecular complexity index is 218. The van der Waals surface area contributed by atoms with Gasteiger partial charge in [-0.2, -0.15) is 0 Å². The molecule has 2 N–H and O–H groups in total. The molecule has 2 fully saturated rings. The molecular weight excluding hydrogens is 200 g/mol. The van der Waals surface area contributed by atoms with Gasteiger partial charge in [0, 0.05) is 31.3 Å². The molecule has 1 saturated heterocycles. The molecule has 3 heteroatoms. The van der Waals surface area contributed by atoms with Crippen molar-refractivity contribution in [2.75, 3.05) is 26.8 Å². The molecule has 2 aliphatic rings. The predicted octanol–water partition coefficient (Wildman–Crippen LogP) is 1.61. The monoisotopic (exact) mass is 226 g/mol. The Morgan fingerprint density at radius 2 is 1.88 bits per heavy atom. The van der Waals surface area contributed by atoms with Gasteiger partial charge in [-0.3, -0.25) is 4.90 Å². The number of hydrogen-bond acceptors (Lipinski definition) is 3. The molecule has 1 saturated carbocycles. The van der Waals surface area contributed by atoms with Gasteiger partial charge in [0.25, 0.3) is 0 Å². The van der Waals surface area contributed by atoms with Crippen LogP contribution in [0.15, 0.2) is 0 Å². The van der Waals surface area contributed by atoms with Gasteiger partial charge in [0.2, 0.25) is 0 Å². The van der Waals surface area contributed by atoms with E-state index in [1.807, 2.05) is 0 Å². The Morgan fingerprint density at radius 3 is 2.31 bits per heavy atom. The van der Waals surface area contributed by atoms with Crippen molar-refractivity contribution in [2.24, 2.45) is 11.7 Å². The predicted molar refractivity (Wildman–Crippen MR) is 66.4 cm³/mol. The van der Waals surface area contributed by atoms with Gasteiger partial charge < -0.3 is 10.5 Å². The highest BCUT2D eigenvalue weighted by Gasteiger charge is 2.47. The first-order valence-electron chi connectivity index (χ1n) is 6.75. The summed E-state index contributed by atoms with van der Waals surface area (Å²) in [6.45, 7) is 4.94. The Morgan fingerprint density at radius 1 is 1.25 bits per heavy atom. The summed E-state index contributed by atoms with van der Waals surface area (Å²) in [7, 11) is 2.28. The largest absolute Gasteiger partial charge is 0.381 e. The summed E-state index contributed by atoms with van der Waals surface area (Å²) in [6.07, 6.45) is 6.27. The summed E-state index contributed by atoms with van der Waals surface area (Å²) in [4.78, 5) is 2.59. The van der Waals surface area contributed by atoms with E-state index in [9.17, 15) is 0 Å². The molecule has 0 aromatic heterocycles. The molecule has 0 aromatic rings. The maximum atomic E-state index is 6.09. The molecule has 3 nitrogen and oxygen atoms in total. The quantitative estimate of drug-likeness (QED) is 0.774. The number of nitrogens with zero attached hydrogens (tertiary/aromatic N) is 1. The lowest BCUT2D eigenvalue weighted by molar-refractivity contribution is -0.0122. The smallest absolute Gasteiger partial charge is 0.0480 e. The zero-order valence-corrected chi connectivity index (χ0v) is 10.7. The summed E-state index contributed by atoms with van der Waals surface area (Å²) < 4.78 is 5.45. The van der Waals surface area contributed by atoms with E-state index in [0.29, 0.717) is 6.04 Å². The Labute approximate surface area is 99.3 Å². The molecule has 1 aliphatic heterocycles. The van der Waals surface area contributed by atoms with Gasteiger partial charge in [-0.15, -0.1) is 0 Å². The second-order valence-electron chi connectivity index (χ2n) is 5.39. The second kappa shape index (κ2) is 5.03. The first-order valence-corrected chi connectivity index (χ1v) is 6.75. The van der Waals surface area contributed by atoms with E-state index in [4.69, 9.17) is 10.5 Å². The van der Waals surface area contributed by atoms with Crippen molar-refractivity contribution in [3.63, 3.8) is 0 Å². The zero-order valence-electron chi connectivity index (χ0n) is 10.7. The summed E-state index contributed by atoms with van der Waals surface area (Å²) in [5, 5.41) is 0. The molecule has 16 heavy (non-hydrogen) atoms. The molecule has 1 heterocycles. The fourth-order valence-electron chi connectivity index (χ4n) is 3.34. The van der Waals surface area contributed by atoms with Crippen molar-refractivity contribution in [1.29, 1.82) is 0 Å². The van der Waals surface area contributed by atoms with Crippen molar-refractivity contribution >= 4 is 0 Å². The maximum absolute atomic E-state index is 6.09. The van der Waals surface area contributed by atoms with Crippen LogP contribution in [-0.2, 0) is 4.74 Å². The highest BCUT2D eigenvalue weighted by Crippen LogP contribution is 2.45. The fraction of sp³-hybridized carbons (Fsp3) is 1.00. The molecule has 0 amide bonds. The first kappa shape index (κ1) is 12.3. The molecule has 0 radical (unpaired) electrons. The van der Waals surface area contributed by atoms with E-state index in [-0.39, 0.29) is 5.54 Å². The van der Waals surface area contributed by atoms with Crippen LogP contribution < -0.4 is 5.73 Å². The highest BCUT2D eigenvalue weighted by molar-refractivity contribution is 5.03. The average Bonchev–Trinajstić information content (AvgIpc) is 3.17. The molecule has 2 rings (SSSR count). The third kappa shape index (κ3) is 2.13. The Hall–Kier alpha value is -0.120. The molecular formula is C13H26N2O. The van der Waals surface area contributed by atoms with Gasteiger partial charge in [-0.1, -0.05) is 6.92 Å². The minimum atomic E-state index is 0.266. The molecule has 1 atom stereocenters. The van der Waals surface area contributed by atoms with E-state index in [0.717, 1.165) is 25.7 Å². The zero-order chi connectivity index (χ0) is 11.6. The molecule has 0 spiro atoms. The summed E-state index contributed by atoms with van der Waals surface area (Å²) in [5.74, 6) is 0.843. The van der Waals surface area contributed by atoms with Crippen molar-refractivity contribution in [3.8, 4) is 0 Å². The summed E-state index contributed by atoms with van der Waals surface area (Å²) >= 11 is 0. The number of nitrogens with two attached hydrogens (primary N) is 1. The third-order valence-corrected chi connectivity index (χ3v) is 4.74. The normalized spacial score (nSPS) is 27.0. The van der Waals surface area contributed by atoms with Gasteiger partial charge in [0.1, 0.15) is 0 Å². The molecule has 1 aliphatic carbocycles. The van der Waals surface area contributed by atoms with Crippen LogP contribution in [0.3, 0.4) is 0 Å². The van der Waals surface area contributed by atoms with Crippen LogP contribution in [0.1, 0.15) is 39.0 Å². The molecule has 0 aromatic carbocycles. The lowest BCUT2D eigenvalue weighted by atomic mass is 9.86. The van der Waals surface area contributed by atoms with Crippen molar-refractivity contribution < 1.29 is 4.74 Å². The van der Waals surface area contributed by atoms with E-state index >= 15 is 0 Å². The number of hydrogen-bond donors (Lipinski definition) is 1.